The lowest BCUT2D eigenvalue weighted by Crippen LogP contribution is -2.29. The summed E-state index contributed by atoms with van der Waals surface area (Å²) in [4.78, 5) is 11.0. The molecule has 80 valence electrons. The van der Waals surface area contributed by atoms with Crippen LogP contribution >= 0.6 is 0 Å². The third-order valence-electron chi connectivity index (χ3n) is 2.38. The van der Waals surface area contributed by atoms with Gasteiger partial charge in [-0.3, -0.25) is 4.79 Å². The van der Waals surface area contributed by atoms with Gasteiger partial charge in [-0.25, -0.2) is 0 Å². The van der Waals surface area contributed by atoms with Crippen molar-refractivity contribution in [2.24, 2.45) is 5.92 Å². The molecular weight excluding hydrogens is 196 g/mol. The van der Waals surface area contributed by atoms with Gasteiger partial charge in [0.1, 0.15) is 0 Å². The predicted molar refractivity (Wildman–Crippen MR) is 46.7 cm³/mol. The summed E-state index contributed by atoms with van der Waals surface area (Å²) in [5, 5.41) is 0. The Kier molecular flexibility index (Phi) is 3.23. The molecule has 6 heteroatoms. The van der Waals surface area contributed by atoms with Gasteiger partial charge in [-0.2, -0.15) is 0 Å². The molecule has 0 N–H and O–H groups in total. The summed E-state index contributed by atoms with van der Waals surface area (Å²) >= 11 is 0. The molecule has 1 aliphatic carbocycles. The summed E-state index contributed by atoms with van der Waals surface area (Å²) in [6.45, 7) is -4.89. The van der Waals surface area contributed by atoms with Crippen LogP contribution in [0.2, 0.25) is 5.82 Å². The van der Waals surface area contributed by atoms with E-state index in [9.17, 15) is 17.7 Å². The normalized spacial score (nSPS) is 27.4. The largest absolute Gasteiger partial charge is 0.485 e. The van der Waals surface area contributed by atoms with Gasteiger partial charge >= 0.3 is 12.9 Å². The summed E-state index contributed by atoms with van der Waals surface area (Å²) in [6.07, 6.45) is 2.71. The highest BCUT2D eigenvalue weighted by molar-refractivity contribution is 6.60. The van der Waals surface area contributed by atoms with Crippen LogP contribution in [0.1, 0.15) is 12.8 Å². The molecule has 14 heavy (non-hydrogen) atoms. The Morgan fingerprint density at radius 3 is 2.64 bits per heavy atom. The molecule has 2 nitrogen and oxygen atoms in total. The number of hydrogen-bond acceptors (Lipinski definition) is 2. The number of esters is 1. The first-order valence-electron chi connectivity index (χ1n) is 4.39. The molecule has 0 aromatic heterocycles. The van der Waals surface area contributed by atoms with Gasteiger partial charge in [0.2, 0.25) is 0 Å². The minimum Gasteiger partial charge on any atom is -0.469 e. The van der Waals surface area contributed by atoms with Crippen LogP contribution in [0, 0.1) is 5.92 Å². The van der Waals surface area contributed by atoms with Gasteiger partial charge < -0.3 is 17.7 Å². The maximum Gasteiger partial charge on any atom is 0.485 e. The Morgan fingerprint density at radius 2 is 2.14 bits per heavy atom. The van der Waals surface area contributed by atoms with Gasteiger partial charge in [-0.15, -0.1) is 6.08 Å². The number of methoxy groups -OCH3 is 1. The average Bonchev–Trinajstić information content (AvgIpc) is 2.15. The van der Waals surface area contributed by atoms with Crippen LogP contribution in [0.3, 0.4) is 0 Å². The van der Waals surface area contributed by atoms with Crippen LogP contribution in [0.4, 0.5) is 12.9 Å². The van der Waals surface area contributed by atoms with Crippen molar-refractivity contribution in [2.45, 2.75) is 18.7 Å². The van der Waals surface area contributed by atoms with Gasteiger partial charge in [0, 0.05) is 0 Å². The highest BCUT2D eigenvalue weighted by atomic mass is 19.4. The number of allylic oxidation sites excluding steroid dienone is 2. The maximum absolute atomic E-state index is 12.3. The van der Waals surface area contributed by atoms with Crippen molar-refractivity contribution in [3.05, 3.63) is 12.2 Å². The van der Waals surface area contributed by atoms with Crippen molar-refractivity contribution in [3.63, 3.8) is 0 Å². The smallest absolute Gasteiger partial charge is 0.469 e. The lowest BCUT2D eigenvalue weighted by atomic mass is 9.65. The molecule has 0 saturated heterocycles. The van der Waals surface area contributed by atoms with Crippen LogP contribution < -0.4 is 0 Å². The van der Waals surface area contributed by atoms with Gasteiger partial charge in [0.25, 0.3) is 0 Å². The Hall–Kier alpha value is -0.935. The van der Waals surface area contributed by atoms with Crippen LogP contribution in [-0.2, 0) is 9.53 Å². The Morgan fingerprint density at radius 1 is 1.50 bits per heavy atom. The molecule has 0 aromatic rings. The molecular formula is C8H11BF3O2-. The zero-order chi connectivity index (χ0) is 10.8. The first-order chi connectivity index (χ1) is 6.45. The van der Waals surface area contributed by atoms with E-state index in [0.29, 0.717) is 6.42 Å². The monoisotopic (exact) mass is 207 g/mol. The molecule has 0 amide bonds. The van der Waals surface area contributed by atoms with Crippen LogP contribution in [-0.4, -0.2) is 20.1 Å². The van der Waals surface area contributed by atoms with E-state index < -0.39 is 24.7 Å². The van der Waals surface area contributed by atoms with Crippen LogP contribution in [0.15, 0.2) is 12.2 Å². The lowest BCUT2D eigenvalue weighted by Gasteiger charge is -2.29. The number of carbonyl (C=O) groups is 1. The molecule has 2 atom stereocenters. The molecule has 1 aliphatic rings. The fourth-order valence-electron chi connectivity index (χ4n) is 1.56. The Labute approximate surface area is 80.2 Å². The predicted octanol–water partition coefficient (Wildman–Crippen LogP) is 2.34. The Bertz CT molecular complexity index is 249. The molecule has 0 fully saturated rings. The second kappa shape index (κ2) is 4.06. The number of ether oxygens (including phenoxy) is 1. The van der Waals surface area contributed by atoms with Crippen molar-refractivity contribution >= 4 is 12.9 Å². The van der Waals surface area contributed by atoms with Gasteiger partial charge in [-0.1, -0.05) is 18.3 Å². The molecule has 0 aliphatic heterocycles. The van der Waals surface area contributed by atoms with Crippen LogP contribution in [0.25, 0.3) is 0 Å². The highest BCUT2D eigenvalue weighted by Crippen LogP contribution is 2.38. The van der Waals surface area contributed by atoms with Crippen molar-refractivity contribution in [1.29, 1.82) is 0 Å². The van der Waals surface area contributed by atoms with Crippen molar-refractivity contribution in [2.75, 3.05) is 7.11 Å². The van der Waals surface area contributed by atoms with E-state index in [1.54, 1.807) is 0 Å². The van der Waals surface area contributed by atoms with Gasteiger partial charge in [-0.05, 0) is 6.42 Å². The minimum atomic E-state index is -4.89. The summed E-state index contributed by atoms with van der Waals surface area (Å²) in [5.41, 5.74) is 0. The summed E-state index contributed by atoms with van der Waals surface area (Å²) < 4.78 is 41.4. The zero-order valence-electron chi connectivity index (χ0n) is 7.75. The fourth-order valence-corrected chi connectivity index (χ4v) is 1.56. The van der Waals surface area contributed by atoms with Crippen molar-refractivity contribution in [3.8, 4) is 0 Å². The molecule has 0 saturated carbocycles. The van der Waals surface area contributed by atoms with Gasteiger partial charge in [0.05, 0.1) is 13.0 Å². The number of rotatable bonds is 2. The molecule has 1 rings (SSSR count). The first kappa shape index (κ1) is 11.1. The topological polar surface area (TPSA) is 26.3 Å². The maximum atomic E-state index is 12.3. The molecule has 0 radical (unpaired) electrons. The first-order valence-corrected chi connectivity index (χ1v) is 4.39. The minimum absolute atomic E-state index is 0.174. The quantitative estimate of drug-likeness (QED) is 0.394. The standard InChI is InChI=1S/C8H11BF3O2/c1-14-8(13)6-3-2-4-7(5-6)9(10,11)12/h2,4,6-7H,3,5H2,1H3/q-1/t6-,7-/m0/s1. The molecule has 0 unspecified atom stereocenters. The van der Waals surface area contributed by atoms with Crippen LogP contribution in [0.5, 0.6) is 0 Å². The molecule has 0 aromatic carbocycles. The van der Waals surface area contributed by atoms with E-state index in [2.05, 4.69) is 4.74 Å². The third-order valence-corrected chi connectivity index (χ3v) is 2.38. The summed E-state index contributed by atoms with van der Waals surface area (Å²) in [5.74, 6) is -2.65. The second-order valence-corrected chi connectivity index (χ2v) is 3.41. The summed E-state index contributed by atoms with van der Waals surface area (Å²) in [6, 6.07) is 0. The average molecular weight is 207 g/mol. The van der Waals surface area contributed by atoms with E-state index >= 15 is 0 Å². The van der Waals surface area contributed by atoms with Gasteiger partial charge in [0.15, 0.2) is 0 Å². The number of halogens is 3. The van der Waals surface area contributed by atoms with E-state index in [1.165, 1.54) is 13.2 Å². The fraction of sp³-hybridized carbons (Fsp3) is 0.625. The zero-order valence-corrected chi connectivity index (χ0v) is 7.75. The highest BCUT2D eigenvalue weighted by Gasteiger charge is 2.37. The molecule has 0 heterocycles. The SMILES string of the molecule is COC(=O)[C@H]1CC=C[C@H]([B-](F)(F)F)C1. The van der Waals surface area contributed by atoms with E-state index in [0.717, 1.165) is 6.08 Å². The Balaban J connectivity index is 2.65. The molecule has 0 bridgehead atoms. The van der Waals surface area contributed by atoms with Crippen molar-refractivity contribution < 1.29 is 22.5 Å². The number of carbonyl (C=O) groups excluding carboxylic acids is 1. The van der Waals surface area contributed by atoms with E-state index in [4.69, 9.17) is 0 Å². The van der Waals surface area contributed by atoms with Crippen molar-refractivity contribution in [1.82, 2.24) is 0 Å². The van der Waals surface area contributed by atoms with E-state index in [-0.39, 0.29) is 6.42 Å². The lowest BCUT2D eigenvalue weighted by molar-refractivity contribution is -0.145. The summed E-state index contributed by atoms with van der Waals surface area (Å²) in [7, 11) is 1.19. The third kappa shape index (κ3) is 2.53. The van der Waals surface area contributed by atoms with E-state index in [1.807, 2.05) is 0 Å². The number of hydrogen-bond donors (Lipinski definition) is 0. The second-order valence-electron chi connectivity index (χ2n) is 3.41. The molecule has 0 spiro atoms.